The third-order valence-electron chi connectivity index (χ3n) is 2.08. The fourth-order valence-electron chi connectivity index (χ4n) is 1.31. The van der Waals surface area contributed by atoms with Gasteiger partial charge in [-0.1, -0.05) is 28.1 Å². The lowest BCUT2D eigenvalue weighted by Gasteiger charge is -2.01. The summed E-state index contributed by atoms with van der Waals surface area (Å²) < 4.78 is 13.4. The van der Waals surface area contributed by atoms with E-state index in [-0.39, 0.29) is 5.78 Å². The molecule has 0 aliphatic carbocycles. The highest BCUT2D eigenvalue weighted by Gasteiger charge is 2.09. The van der Waals surface area contributed by atoms with Gasteiger partial charge in [-0.15, -0.1) is 0 Å². The Hall–Kier alpha value is -1.55. The first kappa shape index (κ1) is 11.0. The molecule has 0 amide bonds. The van der Waals surface area contributed by atoms with Gasteiger partial charge in [0.25, 0.3) is 0 Å². The Balaban J connectivity index is 2.35. The zero-order chi connectivity index (χ0) is 11.5. The smallest absolute Gasteiger partial charge is 0.212 e. The number of aromatic nitrogens is 1. The molecule has 0 radical (unpaired) electrons. The monoisotopic (exact) mass is 279 g/mol. The van der Waals surface area contributed by atoms with Gasteiger partial charge in [-0.2, -0.15) is 4.39 Å². The Morgan fingerprint density at radius 2 is 2.00 bits per heavy atom. The number of halogens is 2. The Morgan fingerprint density at radius 3 is 2.62 bits per heavy atom. The van der Waals surface area contributed by atoms with Crippen LogP contribution in [0.2, 0.25) is 0 Å². The van der Waals surface area contributed by atoms with E-state index in [1.807, 2.05) is 6.07 Å². The van der Waals surface area contributed by atoms with E-state index in [2.05, 4.69) is 20.9 Å². The van der Waals surface area contributed by atoms with Crippen molar-refractivity contribution in [3.05, 3.63) is 64.1 Å². The number of nitrogens with zero attached hydrogens (tertiary/aromatic N) is 1. The lowest BCUT2D eigenvalue weighted by atomic mass is 10.1. The summed E-state index contributed by atoms with van der Waals surface area (Å²) in [6.45, 7) is 0. The zero-order valence-electron chi connectivity index (χ0n) is 8.15. The van der Waals surface area contributed by atoms with Crippen LogP contribution in [0, 0.1) is 5.95 Å². The lowest BCUT2D eigenvalue weighted by molar-refractivity contribution is 0.103. The summed E-state index contributed by atoms with van der Waals surface area (Å²) in [6, 6.07) is 9.62. The summed E-state index contributed by atoms with van der Waals surface area (Å²) in [7, 11) is 0. The van der Waals surface area contributed by atoms with Gasteiger partial charge in [0.1, 0.15) is 0 Å². The fraction of sp³-hybridized carbons (Fsp3) is 0. The Morgan fingerprint density at radius 1 is 1.19 bits per heavy atom. The molecule has 4 heteroatoms. The van der Waals surface area contributed by atoms with Crippen molar-refractivity contribution in [2.75, 3.05) is 0 Å². The minimum Gasteiger partial charge on any atom is -0.289 e. The largest absolute Gasteiger partial charge is 0.289 e. The van der Waals surface area contributed by atoms with Gasteiger partial charge in [-0.3, -0.25) is 4.79 Å². The van der Waals surface area contributed by atoms with Crippen LogP contribution in [0.1, 0.15) is 15.9 Å². The van der Waals surface area contributed by atoms with Gasteiger partial charge in [0, 0.05) is 21.8 Å². The molecule has 0 fully saturated rings. The van der Waals surface area contributed by atoms with Crippen LogP contribution in [-0.2, 0) is 0 Å². The minimum absolute atomic E-state index is 0.172. The molecule has 1 heterocycles. The zero-order valence-corrected chi connectivity index (χ0v) is 9.74. The molecule has 0 unspecified atom stereocenters. The maximum absolute atomic E-state index is 12.6. The van der Waals surface area contributed by atoms with Crippen LogP contribution < -0.4 is 0 Å². The molecule has 0 saturated heterocycles. The predicted molar refractivity (Wildman–Crippen MR) is 61.8 cm³/mol. The van der Waals surface area contributed by atoms with E-state index in [4.69, 9.17) is 0 Å². The van der Waals surface area contributed by atoms with Gasteiger partial charge < -0.3 is 0 Å². The highest BCUT2D eigenvalue weighted by molar-refractivity contribution is 9.10. The van der Waals surface area contributed by atoms with Crippen LogP contribution >= 0.6 is 15.9 Å². The summed E-state index contributed by atoms with van der Waals surface area (Å²) >= 11 is 3.29. The van der Waals surface area contributed by atoms with Gasteiger partial charge in [-0.05, 0) is 24.3 Å². The third-order valence-corrected chi connectivity index (χ3v) is 2.57. The molecule has 0 spiro atoms. The van der Waals surface area contributed by atoms with Crippen molar-refractivity contribution in [1.29, 1.82) is 0 Å². The summed E-state index contributed by atoms with van der Waals surface area (Å²) in [4.78, 5) is 15.4. The van der Waals surface area contributed by atoms with Crippen LogP contribution in [-0.4, -0.2) is 10.8 Å². The van der Waals surface area contributed by atoms with Gasteiger partial charge in [-0.25, -0.2) is 4.98 Å². The van der Waals surface area contributed by atoms with Gasteiger partial charge >= 0.3 is 0 Å². The fourth-order valence-corrected chi connectivity index (χ4v) is 1.71. The Kier molecular flexibility index (Phi) is 3.10. The maximum Gasteiger partial charge on any atom is 0.212 e. The van der Waals surface area contributed by atoms with Crippen LogP contribution in [0.25, 0.3) is 0 Å². The van der Waals surface area contributed by atoms with E-state index in [0.29, 0.717) is 11.1 Å². The second-order valence-corrected chi connectivity index (χ2v) is 4.12. The quantitative estimate of drug-likeness (QED) is 0.624. The topological polar surface area (TPSA) is 30.0 Å². The molecule has 16 heavy (non-hydrogen) atoms. The highest BCUT2D eigenvalue weighted by Crippen LogP contribution is 2.15. The first-order valence-corrected chi connectivity index (χ1v) is 5.38. The number of rotatable bonds is 2. The molecule has 1 aromatic heterocycles. The molecule has 2 rings (SSSR count). The first-order chi connectivity index (χ1) is 7.66. The highest BCUT2D eigenvalue weighted by atomic mass is 79.9. The maximum atomic E-state index is 12.6. The van der Waals surface area contributed by atoms with Crippen molar-refractivity contribution in [1.82, 2.24) is 4.98 Å². The summed E-state index contributed by atoms with van der Waals surface area (Å²) in [6.07, 6.45) is 1.23. The second kappa shape index (κ2) is 4.53. The van der Waals surface area contributed by atoms with E-state index >= 15 is 0 Å². The van der Waals surface area contributed by atoms with Crippen LogP contribution in [0.5, 0.6) is 0 Å². The van der Waals surface area contributed by atoms with Crippen molar-refractivity contribution >= 4 is 21.7 Å². The minimum atomic E-state index is -0.592. The van der Waals surface area contributed by atoms with Crippen molar-refractivity contribution in [2.24, 2.45) is 0 Å². The van der Waals surface area contributed by atoms with E-state index in [9.17, 15) is 9.18 Å². The molecule has 0 bridgehead atoms. The standard InChI is InChI=1S/C12H7BrFNO/c13-10-3-1-2-8(6-10)12(16)9-4-5-11(14)15-7-9/h1-7H. The molecule has 2 aromatic rings. The van der Waals surface area contributed by atoms with Gasteiger partial charge in [0.05, 0.1) is 0 Å². The number of hydrogen-bond acceptors (Lipinski definition) is 2. The third kappa shape index (κ3) is 2.33. The normalized spacial score (nSPS) is 10.1. The van der Waals surface area contributed by atoms with Crippen molar-refractivity contribution in [3.8, 4) is 0 Å². The molecular formula is C12H7BrFNO. The SMILES string of the molecule is O=C(c1ccc(F)nc1)c1cccc(Br)c1. The molecule has 80 valence electrons. The van der Waals surface area contributed by atoms with Crippen LogP contribution in [0.4, 0.5) is 4.39 Å². The molecule has 0 atom stereocenters. The van der Waals surface area contributed by atoms with E-state index in [0.717, 1.165) is 4.47 Å². The number of pyridine rings is 1. The molecule has 0 aliphatic rings. The van der Waals surface area contributed by atoms with Crippen LogP contribution in [0.3, 0.4) is 0 Å². The Labute approximate surface area is 100 Å². The number of carbonyl (C=O) groups is 1. The second-order valence-electron chi connectivity index (χ2n) is 3.21. The average molecular weight is 280 g/mol. The molecule has 0 aliphatic heterocycles. The van der Waals surface area contributed by atoms with Gasteiger partial charge in [0.2, 0.25) is 5.95 Å². The molecular weight excluding hydrogens is 273 g/mol. The van der Waals surface area contributed by atoms with Crippen molar-refractivity contribution in [2.45, 2.75) is 0 Å². The first-order valence-electron chi connectivity index (χ1n) is 4.58. The van der Waals surface area contributed by atoms with E-state index in [1.165, 1.54) is 18.3 Å². The summed E-state index contributed by atoms with van der Waals surface area (Å²) in [5, 5.41) is 0. The number of hydrogen-bond donors (Lipinski definition) is 0. The van der Waals surface area contributed by atoms with Gasteiger partial charge in [0.15, 0.2) is 5.78 Å². The van der Waals surface area contributed by atoms with E-state index < -0.39 is 5.95 Å². The number of ketones is 1. The van der Waals surface area contributed by atoms with Crippen LogP contribution in [0.15, 0.2) is 47.1 Å². The summed E-state index contributed by atoms with van der Waals surface area (Å²) in [5.74, 6) is -0.764. The molecule has 0 N–H and O–H groups in total. The molecule has 2 nitrogen and oxygen atoms in total. The summed E-state index contributed by atoms with van der Waals surface area (Å²) in [5.41, 5.74) is 0.919. The number of carbonyl (C=O) groups excluding carboxylic acids is 1. The predicted octanol–water partition coefficient (Wildman–Crippen LogP) is 3.21. The van der Waals surface area contributed by atoms with Crippen molar-refractivity contribution in [3.63, 3.8) is 0 Å². The average Bonchev–Trinajstić information content (AvgIpc) is 2.29. The van der Waals surface area contributed by atoms with E-state index in [1.54, 1.807) is 18.2 Å². The molecule has 1 aromatic carbocycles. The lowest BCUT2D eigenvalue weighted by Crippen LogP contribution is -2.02. The van der Waals surface area contributed by atoms with Crippen molar-refractivity contribution < 1.29 is 9.18 Å². The molecule has 0 saturated carbocycles. The Bertz CT molecular complexity index is 525. The number of benzene rings is 1.